The van der Waals surface area contributed by atoms with Crippen LogP contribution in [-0.2, 0) is 11.3 Å². The van der Waals surface area contributed by atoms with E-state index in [4.69, 9.17) is 0 Å². The van der Waals surface area contributed by atoms with Gasteiger partial charge in [-0.3, -0.25) is 9.78 Å². The maximum Gasteiger partial charge on any atom is 0.223 e. The summed E-state index contributed by atoms with van der Waals surface area (Å²) in [4.78, 5) is 18.4. The molecule has 3 nitrogen and oxygen atoms in total. The standard InChI is InChI=1S/C13H15BrN2O/c14-10-3-4-11(15-8-10)9-16-12(17)2-1-5-13(16)6-7-13/h3-4,8H,1-2,5-7,9H2. The van der Waals surface area contributed by atoms with Gasteiger partial charge in [0.2, 0.25) is 5.91 Å². The number of rotatable bonds is 2. The van der Waals surface area contributed by atoms with Crippen LogP contribution < -0.4 is 0 Å². The number of hydrogen-bond acceptors (Lipinski definition) is 2. The fraction of sp³-hybridized carbons (Fsp3) is 0.538. The highest BCUT2D eigenvalue weighted by molar-refractivity contribution is 9.10. The van der Waals surface area contributed by atoms with Gasteiger partial charge in [0.05, 0.1) is 12.2 Å². The maximum absolute atomic E-state index is 12.0. The monoisotopic (exact) mass is 294 g/mol. The fourth-order valence-corrected chi connectivity index (χ4v) is 2.92. The van der Waals surface area contributed by atoms with E-state index in [2.05, 4.69) is 25.8 Å². The van der Waals surface area contributed by atoms with Crippen molar-refractivity contribution in [2.24, 2.45) is 0 Å². The Labute approximate surface area is 109 Å². The first-order valence-electron chi connectivity index (χ1n) is 6.11. The van der Waals surface area contributed by atoms with E-state index in [1.165, 1.54) is 19.3 Å². The first-order valence-corrected chi connectivity index (χ1v) is 6.90. The van der Waals surface area contributed by atoms with Crippen molar-refractivity contribution in [1.29, 1.82) is 0 Å². The van der Waals surface area contributed by atoms with Crippen LogP contribution in [0.3, 0.4) is 0 Å². The van der Waals surface area contributed by atoms with Gasteiger partial charge in [-0.05, 0) is 53.7 Å². The zero-order chi connectivity index (χ0) is 11.9. The molecule has 1 aliphatic heterocycles. The summed E-state index contributed by atoms with van der Waals surface area (Å²) in [5.41, 5.74) is 1.18. The SMILES string of the molecule is O=C1CCCC2(CC2)N1Cc1ccc(Br)cn1. The van der Waals surface area contributed by atoms with E-state index in [0.717, 1.165) is 16.6 Å². The summed E-state index contributed by atoms with van der Waals surface area (Å²) in [5, 5.41) is 0. The number of piperidine rings is 1. The molecular weight excluding hydrogens is 280 g/mol. The van der Waals surface area contributed by atoms with Gasteiger partial charge < -0.3 is 4.90 Å². The summed E-state index contributed by atoms with van der Waals surface area (Å²) in [6, 6.07) is 3.97. The molecule has 0 N–H and O–H groups in total. The molecule has 1 aromatic heterocycles. The minimum atomic E-state index is 0.198. The van der Waals surface area contributed by atoms with Gasteiger partial charge in [-0.15, -0.1) is 0 Å². The average Bonchev–Trinajstić information content (AvgIpc) is 3.07. The number of amides is 1. The molecule has 1 saturated heterocycles. The smallest absolute Gasteiger partial charge is 0.223 e. The molecule has 0 radical (unpaired) electrons. The summed E-state index contributed by atoms with van der Waals surface area (Å²) in [5.74, 6) is 0.304. The zero-order valence-corrected chi connectivity index (χ0v) is 11.2. The predicted molar refractivity (Wildman–Crippen MR) is 68.3 cm³/mol. The Hall–Kier alpha value is -0.900. The number of halogens is 1. The highest BCUT2D eigenvalue weighted by Crippen LogP contribution is 2.49. The summed E-state index contributed by atoms with van der Waals surface area (Å²) >= 11 is 3.37. The van der Waals surface area contributed by atoms with Gasteiger partial charge >= 0.3 is 0 Å². The second-order valence-electron chi connectivity index (χ2n) is 5.03. The molecule has 0 aromatic carbocycles. The van der Waals surface area contributed by atoms with E-state index >= 15 is 0 Å². The molecule has 0 unspecified atom stereocenters. The molecule has 0 bridgehead atoms. The number of nitrogens with zero attached hydrogens (tertiary/aromatic N) is 2. The Kier molecular flexibility index (Phi) is 2.69. The largest absolute Gasteiger partial charge is 0.331 e. The van der Waals surface area contributed by atoms with Crippen LogP contribution >= 0.6 is 15.9 Å². The van der Waals surface area contributed by atoms with Crippen molar-refractivity contribution in [2.75, 3.05) is 0 Å². The molecule has 1 aliphatic carbocycles. The van der Waals surface area contributed by atoms with Crippen LogP contribution in [0.25, 0.3) is 0 Å². The molecule has 2 heterocycles. The zero-order valence-electron chi connectivity index (χ0n) is 9.66. The predicted octanol–water partition coefficient (Wildman–Crippen LogP) is 2.89. The number of likely N-dealkylation sites (tertiary alicyclic amines) is 1. The van der Waals surface area contributed by atoms with E-state index in [-0.39, 0.29) is 5.54 Å². The van der Waals surface area contributed by atoms with Crippen molar-refractivity contribution < 1.29 is 4.79 Å². The number of carbonyl (C=O) groups excluding carboxylic acids is 1. The molecule has 2 fully saturated rings. The van der Waals surface area contributed by atoms with Crippen molar-refractivity contribution in [1.82, 2.24) is 9.88 Å². The summed E-state index contributed by atoms with van der Waals surface area (Å²) in [6.45, 7) is 0.673. The van der Waals surface area contributed by atoms with Gasteiger partial charge in [-0.2, -0.15) is 0 Å². The first-order chi connectivity index (χ1) is 8.20. The van der Waals surface area contributed by atoms with Crippen molar-refractivity contribution in [3.05, 3.63) is 28.5 Å². The van der Waals surface area contributed by atoms with Crippen LogP contribution in [0.4, 0.5) is 0 Å². The number of hydrogen-bond donors (Lipinski definition) is 0. The Morgan fingerprint density at radius 1 is 1.35 bits per heavy atom. The van der Waals surface area contributed by atoms with Gasteiger partial charge in [0.25, 0.3) is 0 Å². The number of pyridine rings is 1. The molecule has 1 aromatic rings. The molecular formula is C13H15BrN2O. The third-order valence-corrected chi connectivity index (χ3v) is 4.31. The van der Waals surface area contributed by atoms with Gasteiger partial charge in [-0.25, -0.2) is 0 Å². The first kappa shape index (κ1) is 11.2. The molecule has 1 spiro atoms. The molecule has 17 heavy (non-hydrogen) atoms. The van der Waals surface area contributed by atoms with Crippen LogP contribution in [0.5, 0.6) is 0 Å². The minimum absolute atomic E-state index is 0.198. The lowest BCUT2D eigenvalue weighted by Crippen LogP contribution is -2.44. The van der Waals surface area contributed by atoms with Crippen LogP contribution in [0.1, 0.15) is 37.8 Å². The lowest BCUT2D eigenvalue weighted by atomic mass is 9.99. The van der Waals surface area contributed by atoms with Crippen LogP contribution in [0.15, 0.2) is 22.8 Å². The Balaban J connectivity index is 1.79. The maximum atomic E-state index is 12.0. The van der Waals surface area contributed by atoms with Crippen LogP contribution in [-0.4, -0.2) is 21.3 Å². The lowest BCUT2D eigenvalue weighted by Gasteiger charge is -2.36. The Bertz CT molecular complexity index is 439. The van der Waals surface area contributed by atoms with Gasteiger partial charge in [0.15, 0.2) is 0 Å². The van der Waals surface area contributed by atoms with Crippen molar-refractivity contribution in [3.8, 4) is 0 Å². The summed E-state index contributed by atoms with van der Waals surface area (Å²) in [6.07, 6.45) is 7.09. The molecule has 3 rings (SSSR count). The topological polar surface area (TPSA) is 33.2 Å². The quantitative estimate of drug-likeness (QED) is 0.840. The summed E-state index contributed by atoms with van der Waals surface area (Å²) < 4.78 is 0.979. The van der Waals surface area contributed by atoms with Gasteiger partial charge in [0, 0.05) is 22.6 Å². The lowest BCUT2D eigenvalue weighted by molar-refractivity contribution is -0.138. The van der Waals surface area contributed by atoms with Crippen molar-refractivity contribution in [3.63, 3.8) is 0 Å². The van der Waals surface area contributed by atoms with Crippen molar-refractivity contribution >= 4 is 21.8 Å². The van der Waals surface area contributed by atoms with Gasteiger partial charge in [0.1, 0.15) is 0 Å². The molecule has 0 atom stereocenters. The number of carbonyl (C=O) groups is 1. The molecule has 90 valence electrons. The van der Waals surface area contributed by atoms with E-state index in [9.17, 15) is 4.79 Å². The van der Waals surface area contributed by atoms with E-state index in [1.807, 2.05) is 12.1 Å². The summed E-state index contributed by atoms with van der Waals surface area (Å²) in [7, 11) is 0. The molecule has 1 amide bonds. The highest BCUT2D eigenvalue weighted by atomic mass is 79.9. The second-order valence-corrected chi connectivity index (χ2v) is 5.94. The average molecular weight is 295 g/mol. The Morgan fingerprint density at radius 2 is 2.18 bits per heavy atom. The normalized spacial score (nSPS) is 21.9. The molecule has 2 aliphatic rings. The Morgan fingerprint density at radius 3 is 2.82 bits per heavy atom. The van der Waals surface area contributed by atoms with E-state index in [0.29, 0.717) is 18.9 Å². The van der Waals surface area contributed by atoms with Crippen molar-refractivity contribution in [2.45, 2.75) is 44.2 Å². The molecule has 4 heteroatoms. The second kappa shape index (κ2) is 4.09. The molecule has 1 saturated carbocycles. The van der Waals surface area contributed by atoms with Crippen LogP contribution in [0.2, 0.25) is 0 Å². The van der Waals surface area contributed by atoms with Gasteiger partial charge in [-0.1, -0.05) is 0 Å². The van der Waals surface area contributed by atoms with Crippen LogP contribution in [0, 0.1) is 0 Å². The van der Waals surface area contributed by atoms with E-state index < -0.39 is 0 Å². The minimum Gasteiger partial charge on any atom is -0.331 e. The van der Waals surface area contributed by atoms with E-state index in [1.54, 1.807) is 6.20 Å². The number of aromatic nitrogens is 1. The fourth-order valence-electron chi connectivity index (χ4n) is 2.69. The third-order valence-electron chi connectivity index (χ3n) is 3.84. The third kappa shape index (κ3) is 2.10. The highest BCUT2D eigenvalue weighted by Gasteiger charge is 2.51.